The Kier molecular flexibility index (Phi) is 4.02. The van der Waals surface area contributed by atoms with E-state index in [0.29, 0.717) is 19.4 Å². The van der Waals surface area contributed by atoms with Gasteiger partial charge in [-0.05, 0) is 32.9 Å². The zero-order valence-electron chi connectivity index (χ0n) is 12.2. The smallest absolute Gasteiger partial charge is 0.410 e. The van der Waals surface area contributed by atoms with Gasteiger partial charge in [-0.2, -0.15) is 0 Å². The van der Waals surface area contributed by atoms with Crippen LogP contribution in [0.5, 0.6) is 0 Å². The number of likely N-dealkylation sites (tertiary alicyclic amines) is 1. The zero-order chi connectivity index (χ0) is 15.6. The summed E-state index contributed by atoms with van der Waals surface area (Å²) < 4.78 is 10.2. The van der Waals surface area contributed by atoms with Crippen LogP contribution in [0.4, 0.5) is 4.79 Å². The Morgan fingerprint density at radius 3 is 2.57 bits per heavy atom. The van der Waals surface area contributed by atoms with Gasteiger partial charge in [0.1, 0.15) is 5.60 Å². The number of rotatable bonds is 3. The molecule has 1 aliphatic rings. The predicted molar refractivity (Wildman–Crippen MR) is 73.2 cm³/mol. The summed E-state index contributed by atoms with van der Waals surface area (Å²) in [5.41, 5.74) is -0.537. The van der Waals surface area contributed by atoms with E-state index in [1.54, 1.807) is 20.8 Å². The third-order valence-corrected chi connectivity index (χ3v) is 2.84. The molecule has 0 bridgehead atoms. The average Bonchev–Trinajstić information content (AvgIpc) is 2.79. The highest BCUT2D eigenvalue weighted by Gasteiger charge is 2.34. The molecule has 2 rings (SSSR count). The first-order chi connectivity index (χ1) is 9.78. The summed E-state index contributed by atoms with van der Waals surface area (Å²) in [6.45, 7) is 6.17. The van der Waals surface area contributed by atoms with Gasteiger partial charge in [0, 0.05) is 13.1 Å². The first kappa shape index (κ1) is 15.1. The molecule has 0 atom stereocenters. The monoisotopic (exact) mass is 294 g/mol. The minimum atomic E-state index is -0.537. The molecule has 1 N–H and O–H groups in total. The number of furan rings is 1. The van der Waals surface area contributed by atoms with Gasteiger partial charge >= 0.3 is 6.09 Å². The van der Waals surface area contributed by atoms with Gasteiger partial charge in [0.2, 0.25) is 0 Å². The number of ether oxygens (including phenoxy) is 1. The van der Waals surface area contributed by atoms with Crippen molar-refractivity contribution in [2.45, 2.75) is 32.4 Å². The molecule has 1 aliphatic heterocycles. The highest BCUT2D eigenvalue weighted by Crippen LogP contribution is 2.16. The van der Waals surface area contributed by atoms with E-state index in [9.17, 15) is 14.4 Å². The Labute approximate surface area is 122 Å². The SMILES string of the molecule is CC(C)(C)OC(=O)N1CC(NC(=O)c2ccc(C=O)o2)C1. The van der Waals surface area contributed by atoms with Crippen LogP contribution in [0.25, 0.3) is 0 Å². The highest BCUT2D eigenvalue weighted by molar-refractivity contribution is 5.92. The molecule has 0 unspecified atom stereocenters. The van der Waals surface area contributed by atoms with Gasteiger partial charge in [0.05, 0.1) is 6.04 Å². The Morgan fingerprint density at radius 1 is 1.38 bits per heavy atom. The summed E-state index contributed by atoms with van der Waals surface area (Å²) in [6.07, 6.45) is 0.138. The van der Waals surface area contributed by atoms with Crippen molar-refractivity contribution in [2.24, 2.45) is 0 Å². The van der Waals surface area contributed by atoms with Crippen molar-refractivity contribution < 1.29 is 23.5 Å². The maximum Gasteiger partial charge on any atom is 0.410 e. The second kappa shape index (κ2) is 5.59. The summed E-state index contributed by atoms with van der Waals surface area (Å²) in [5, 5.41) is 2.72. The lowest BCUT2D eigenvalue weighted by molar-refractivity contribution is 0.00521. The lowest BCUT2D eigenvalue weighted by Crippen LogP contribution is -2.61. The molecule has 0 radical (unpaired) electrons. The van der Waals surface area contributed by atoms with Crippen molar-refractivity contribution in [2.75, 3.05) is 13.1 Å². The van der Waals surface area contributed by atoms with Crippen LogP contribution < -0.4 is 5.32 Å². The number of carbonyl (C=O) groups is 3. The standard InChI is InChI=1S/C14H18N2O5/c1-14(2,3)21-13(19)16-6-9(7-16)15-12(18)11-5-4-10(8-17)20-11/h4-5,8-9H,6-7H2,1-3H3,(H,15,18). The van der Waals surface area contributed by atoms with Crippen molar-refractivity contribution in [1.29, 1.82) is 0 Å². The fourth-order valence-corrected chi connectivity index (χ4v) is 1.84. The van der Waals surface area contributed by atoms with Gasteiger partial charge < -0.3 is 19.4 Å². The van der Waals surface area contributed by atoms with Crippen LogP contribution in [-0.4, -0.2) is 47.9 Å². The van der Waals surface area contributed by atoms with Gasteiger partial charge in [0.25, 0.3) is 5.91 Å². The normalized spacial score (nSPS) is 15.3. The predicted octanol–water partition coefficient (Wildman–Crippen LogP) is 1.44. The second-order valence-corrected chi connectivity index (χ2v) is 5.88. The van der Waals surface area contributed by atoms with Crippen LogP contribution >= 0.6 is 0 Å². The third kappa shape index (κ3) is 3.84. The largest absolute Gasteiger partial charge is 0.448 e. The van der Waals surface area contributed by atoms with E-state index in [2.05, 4.69) is 5.32 Å². The molecule has 7 heteroatoms. The molecule has 7 nitrogen and oxygen atoms in total. The van der Waals surface area contributed by atoms with E-state index in [1.165, 1.54) is 17.0 Å². The number of hydrogen-bond acceptors (Lipinski definition) is 5. The van der Waals surface area contributed by atoms with Crippen molar-refractivity contribution in [3.8, 4) is 0 Å². The fourth-order valence-electron chi connectivity index (χ4n) is 1.84. The van der Waals surface area contributed by atoms with Gasteiger partial charge in [-0.1, -0.05) is 0 Å². The molecule has 1 saturated heterocycles. The molecule has 0 spiro atoms. The Hall–Kier alpha value is -2.31. The minimum absolute atomic E-state index is 0.0767. The van der Waals surface area contributed by atoms with Crippen molar-refractivity contribution >= 4 is 18.3 Å². The van der Waals surface area contributed by atoms with E-state index in [0.717, 1.165) is 0 Å². The third-order valence-electron chi connectivity index (χ3n) is 2.84. The number of nitrogens with one attached hydrogen (secondary N) is 1. The summed E-state index contributed by atoms with van der Waals surface area (Å²) in [5.74, 6) is -0.228. The Bertz CT molecular complexity index is 552. The molecule has 0 saturated carbocycles. The van der Waals surface area contributed by atoms with Crippen LogP contribution in [0.1, 0.15) is 41.9 Å². The molecule has 2 amide bonds. The lowest BCUT2D eigenvalue weighted by atomic mass is 10.1. The number of nitrogens with zero attached hydrogens (tertiary/aromatic N) is 1. The Morgan fingerprint density at radius 2 is 2.05 bits per heavy atom. The molecule has 0 aliphatic carbocycles. The molecule has 2 heterocycles. The second-order valence-electron chi connectivity index (χ2n) is 5.88. The number of hydrogen-bond donors (Lipinski definition) is 1. The highest BCUT2D eigenvalue weighted by atomic mass is 16.6. The maximum absolute atomic E-state index is 11.8. The van der Waals surface area contributed by atoms with Crippen molar-refractivity contribution in [3.63, 3.8) is 0 Å². The number of carbonyl (C=O) groups excluding carboxylic acids is 3. The Balaban J connectivity index is 1.79. The van der Waals surface area contributed by atoms with E-state index < -0.39 is 17.6 Å². The first-order valence-electron chi connectivity index (χ1n) is 6.62. The van der Waals surface area contributed by atoms with E-state index >= 15 is 0 Å². The van der Waals surface area contributed by atoms with Crippen molar-refractivity contribution in [1.82, 2.24) is 10.2 Å². The molecular weight excluding hydrogens is 276 g/mol. The van der Waals surface area contributed by atoms with Gasteiger partial charge in [0.15, 0.2) is 17.8 Å². The minimum Gasteiger partial charge on any atom is -0.448 e. The first-order valence-corrected chi connectivity index (χ1v) is 6.62. The van der Waals surface area contributed by atoms with Crippen molar-refractivity contribution in [3.05, 3.63) is 23.7 Å². The van der Waals surface area contributed by atoms with Crippen LogP contribution in [0, 0.1) is 0 Å². The lowest BCUT2D eigenvalue weighted by Gasteiger charge is -2.39. The summed E-state index contributed by atoms with van der Waals surface area (Å²) in [4.78, 5) is 35.5. The molecule has 21 heavy (non-hydrogen) atoms. The summed E-state index contributed by atoms with van der Waals surface area (Å²) in [6, 6.07) is 2.72. The van der Waals surface area contributed by atoms with Crippen LogP contribution in [-0.2, 0) is 4.74 Å². The van der Waals surface area contributed by atoms with E-state index in [1.807, 2.05) is 0 Å². The number of amides is 2. The van der Waals surface area contributed by atoms with E-state index in [-0.39, 0.29) is 17.6 Å². The van der Waals surface area contributed by atoms with Crippen LogP contribution in [0.15, 0.2) is 16.5 Å². The molecule has 0 aromatic carbocycles. The quantitative estimate of drug-likeness (QED) is 0.852. The molecule has 1 aromatic rings. The molecular formula is C14H18N2O5. The summed E-state index contributed by atoms with van der Waals surface area (Å²) in [7, 11) is 0. The fraction of sp³-hybridized carbons (Fsp3) is 0.500. The molecule has 1 aromatic heterocycles. The topological polar surface area (TPSA) is 88.9 Å². The average molecular weight is 294 g/mol. The number of aldehydes is 1. The maximum atomic E-state index is 11.8. The zero-order valence-corrected chi connectivity index (χ0v) is 12.2. The molecule has 114 valence electrons. The molecule has 1 fully saturated rings. The van der Waals surface area contributed by atoms with Gasteiger partial charge in [-0.15, -0.1) is 0 Å². The van der Waals surface area contributed by atoms with Crippen LogP contribution in [0.2, 0.25) is 0 Å². The van der Waals surface area contributed by atoms with Gasteiger partial charge in [-0.3, -0.25) is 9.59 Å². The van der Waals surface area contributed by atoms with Gasteiger partial charge in [-0.25, -0.2) is 4.79 Å². The summed E-state index contributed by atoms with van der Waals surface area (Å²) >= 11 is 0. The van der Waals surface area contributed by atoms with E-state index in [4.69, 9.17) is 9.15 Å². The van der Waals surface area contributed by atoms with Crippen LogP contribution in [0.3, 0.4) is 0 Å².